The number of nitrogens with two attached hydrogens (primary N) is 1. The highest BCUT2D eigenvalue weighted by Crippen LogP contribution is 2.18. The maximum absolute atomic E-state index is 11.8. The van der Waals surface area contributed by atoms with Gasteiger partial charge in [-0.25, -0.2) is 0 Å². The van der Waals surface area contributed by atoms with Gasteiger partial charge in [-0.05, 0) is 44.9 Å². The predicted octanol–water partition coefficient (Wildman–Crippen LogP) is 2.69. The molecule has 1 atom stereocenters. The van der Waals surface area contributed by atoms with Crippen molar-refractivity contribution in [2.75, 3.05) is 6.54 Å². The Morgan fingerprint density at radius 3 is 2.56 bits per heavy atom. The largest absolute Gasteiger partial charge is 0.489 e. The number of aryl methyl sites for hydroxylation is 2. The SMILES string of the molecule is Cc1noc(C)c1COc1ccc(CC(=O)NCCC(C)N)cc1.Cl. The highest BCUT2D eigenvalue weighted by atomic mass is 35.5. The maximum atomic E-state index is 11.8. The zero-order chi connectivity index (χ0) is 17.5. The zero-order valence-electron chi connectivity index (χ0n) is 14.9. The summed E-state index contributed by atoms with van der Waals surface area (Å²) in [6, 6.07) is 7.62. The van der Waals surface area contributed by atoms with Gasteiger partial charge in [0.05, 0.1) is 17.7 Å². The van der Waals surface area contributed by atoms with E-state index in [0.29, 0.717) is 19.6 Å². The van der Waals surface area contributed by atoms with E-state index in [9.17, 15) is 4.79 Å². The molecule has 1 unspecified atom stereocenters. The molecule has 0 bridgehead atoms. The summed E-state index contributed by atoms with van der Waals surface area (Å²) < 4.78 is 10.9. The molecule has 2 aromatic rings. The molecule has 0 aliphatic rings. The number of carbonyl (C=O) groups excluding carboxylic acids is 1. The van der Waals surface area contributed by atoms with Gasteiger partial charge in [0.15, 0.2) is 0 Å². The van der Waals surface area contributed by atoms with Crippen LogP contribution in [-0.2, 0) is 17.8 Å². The van der Waals surface area contributed by atoms with Crippen LogP contribution in [0.25, 0.3) is 0 Å². The molecular formula is C18H26ClN3O3. The molecule has 0 aliphatic heterocycles. The Morgan fingerprint density at radius 2 is 2.00 bits per heavy atom. The van der Waals surface area contributed by atoms with Crippen molar-refractivity contribution in [1.29, 1.82) is 0 Å². The van der Waals surface area contributed by atoms with E-state index in [2.05, 4.69) is 10.5 Å². The Balaban J connectivity index is 0.00000312. The van der Waals surface area contributed by atoms with Crippen LogP contribution in [0.15, 0.2) is 28.8 Å². The predicted molar refractivity (Wildman–Crippen MR) is 99.0 cm³/mol. The van der Waals surface area contributed by atoms with E-state index in [0.717, 1.165) is 34.8 Å². The lowest BCUT2D eigenvalue weighted by Gasteiger charge is -2.09. The van der Waals surface area contributed by atoms with Gasteiger partial charge < -0.3 is 20.3 Å². The molecule has 6 nitrogen and oxygen atoms in total. The number of carbonyl (C=O) groups is 1. The number of halogens is 1. The van der Waals surface area contributed by atoms with E-state index in [1.807, 2.05) is 45.0 Å². The van der Waals surface area contributed by atoms with Crippen molar-refractivity contribution in [3.8, 4) is 5.75 Å². The van der Waals surface area contributed by atoms with E-state index < -0.39 is 0 Å². The summed E-state index contributed by atoms with van der Waals surface area (Å²) in [5.41, 5.74) is 8.40. The van der Waals surface area contributed by atoms with E-state index in [1.54, 1.807) is 0 Å². The Kier molecular flexibility index (Phi) is 8.45. The molecule has 1 heterocycles. The fourth-order valence-electron chi connectivity index (χ4n) is 2.25. The lowest BCUT2D eigenvalue weighted by molar-refractivity contribution is -0.120. The van der Waals surface area contributed by atoms with Gasteiger partial charge in [-0.2, -0.15) is 0 Å². The molecule has 1 aromatic heterocycles. The molecule has 25 heavy (non-hydrogen) atoms. The Bertz CT molecular complexity index is 649. The van der Waals surface area contributed by atoms with Gasteiger partial charge in [0.25, 0.3) is 0 Å². The second-order valence-corrected chi connectivity index (χ2v) is 6.03. The summed E-state index contributed by atoms with van der Waals surface area (Å²) in [4.78, 5) is 11.8. The highest BCUT2D eigenvalue weighted by molar-refractivity contribution is 5.85. The molecule has 3 N–H and O–H groups in total. The molecule has 1 amide bonds. The molecule has 0 saturated heterocycles. The van der Waals surface area contributed by atoms with Gasteiger partial charge >= 0.3 is 0 Å². The minimum absolute atomic E-state index is 0. The first kappa shape index (κ1) is 21.0. The van der Waals surface area contributed by atoms with Crippen LogP contribution < -0.4 is 15.8 Å². The van der Waals surface area contributed by atoms with E-state index >= 15 is 0 Å². The van der Waals surface area contributed by atoms with Crippen molar-refractivity contribution < 1.29 is 14.1 Å². The average Bonchev–Trinajstić information content (AvgIpc) is 2.85. The van der Waals surface area contributed by atoms with Crippen molar-refractivity contribution in [2.24, 2.45) is 5.73 Å². The number of amides is 1. The molecule has 0 saturated carbocycles. The molecule has 1 aromatic carbocycles. The van der Waals surface area contributed by atoms with Crippen LogP contribution in [-0.4, -0.2) is 23.7 Å². The first-order valence-electron chi connectivity index (χ1n) is 8.11. The standard InChI is InChI=1S/C18H25N3O3.ClH/c1-12(19)8-9-20-18(22)10-15-4-6-16(7-5-15)23-11-17-13(2)21-24-14(17)3;/h4-7,12H,8-11,19H2,1-3H3,(H,20,22);1H. The van der Waals surface area contributed by atoms with E-state index in [-0.39, 0.29) is 24.4 Å². The summed E-state index contributed by atoms with van der Waals surface area (Å²) in [7, 11) is 0. The fourth-order valence-corrected chi connectivity index (χ4v) is 2.25. The summed E-state index contributed by atoms with van der Waals surface area (Å²) in [5, 5.41) is 6.77. The first-order chi connectivity index (χ1) is 11.5. The van der Waals surface area contributed by atoms with Crippen LogP contribution >= 0.6 is 12.4 Å². The maximum Gasteiger partial charge on any atom is 0.224 e. The number of benzene rings is 1. The van der Waals surface area contributed by atoms with Crippen molar-refractivity contribution >= 4 is 18.3 Å². The van der Waals surface area contributed by atoms with Gasteiger partial charge in [0.2, 0.25) is 5.91 Å². The number of aromatic nitrogens is 1. The molecule has 138 valence electrons. The molecule has 0 spiro atoms. The molecule has 0 aliphatic carbocycles. The van der Waals surface area contributed by atoms with Crippen LogP contribution in [0, 0.1) is 13.8 Å². The summed E-state index contributed by atoms with van der Waals surface area (Å²) in [5.74, 6) is 1.52. The Labute approximate surface area is 154 Å². The topological polar surface area (TPSA) is 90.4 Å². The second kappa shape index (κ2) is 10.1. The van der Waals surface area contributed by atoms with Gasteiger partial charge in [-0.3, -0.25) is 4.79 Å². The van der Waals surface area contributed by atoms with Gasteiger partial charge in [-0.1, -0.05) is 17.3 Å². The third-order valence-corrected chi connectivity index (χ3v) is 3.77. The van der Waals surface area contributed by atoms with E-state index in [1.165, 1.54) is 0 Å². The van der Waals surface area contributed by atoms with Gasteiger partial charge in [-0.15, -0.1) is 12.4 Å². The minimum atomic E-state index is 0. The number of hydrogen-bond acceptors (Lipinski definition) is 5. The van der Waals surface area contributed by atoms with Crippen LogP contribution in [0.1, 0.15) is 35.9 Å². The Hall–Kier alpha value is -2.05. The Morgan fingerprint density at radius 1 is 1.32 bits per heavy atom. The quantitative estimate of drug-likeness (QED) is 0.748. The van der Waals surface area contributed by atoms with Crippen molar-refractivity contribution in [2.45, 2.75) is 46.3 Å². The van der Waals surface area contributed by atoms with Crippen LogP contribution in [0.2, 0.25) is 0 Å². The van der Waals surface area contributed by atoms with Gasteiger partial charge in [0, 0.05) is 12.6 Å². The lowest BCUT2D eigenvalue weighted by atomic mass is 10.1. The normalized spacial score (nSPS) is 11.5. The smallest absolute Gasteiger partial charge is 0.224 e. The molecule has 7 heteroatoms. The molecule has 0 radical (unpaired) electrons. The van der Waals surface area contributed by atoms with Crippen molar-refractivity contribution in [3.63, 3.8) is 0 Å². The molecular weight excluding hydrogens is 342 g/mol. The number of rotatable bonds is 8. The molecule has 0 fully saturated rings. The van der Waals surface area contributed by atoms with Crippen molar-refractivity contribution in [1.82, 2.24) is 10.5 Å². The summed E-state index contributed by atoms with van der Waals surface area (Å²) in [6.07, 6.45) is 1.13. The summed E-state index contributed by atoms with van der Waals surface area (Å²) in [6.45, 7) is 6.70. The first-order valence-corrected chi connectivity index (χ1v) is 8.11. The minimum Gasteiger partial charge on any atom is -0.489 e. The summed E-state index contributed by atoms with van der Waals surface area (Å²) >= 11 is 0. The number of nitrogens with zero attached hydrogens (tertiary/aromatic N) is 1. The number of nitrogens with one attached hydrogen (secondary N) is 1. The molecule has 2 rings (SSSR count). The third-order valence-electron chi connectivity index (χ3n) is 3.77. The highest BCUT2D eigenvalue weighted by Gasteiger charge is 2.09. The zero-order valence-corrected chi connectivity index (χ0v) is 15.7. The third kappa shape index (κ3) is 6.76. The van der Waals surface area contributed by atoms with Crippen LogP contribution in [0.3, 0.4) is 0 Å². The lowest BCUT2D eigenvalue weighted by Crippen LogP contribution is -2.29. The van der Waals surface area contributed by atoms with Crippen LogP contribution in [0.5, 0.6) is 5.75 Å². The van der Waals surface area contributed by atoms with Crippen LogP contribution in [0.4, 0.5) is 0 Å². The fraction of sp³-hybridized carbons (Fsp3) is 0.444. The monoisotopic (exact) mass is 367 g/mol. The number of ether oxygens (including phenoxy) is 1. The second-order valence-electron chi connectivity index (χ2n) is 6.03. The van der Waals surface area contributed by atoms with E-state index in [4.69, 9.17) is 15.0 Å². The van der Waals surface area contributed by atoms with Crippen molar-refractivity contribution in [3.05, 3.63) is 46.8 Å². The number of hydrogen-bond donors (Lipinski definition) is 2. The van der Waals surface area contributed by atoms with Gasteiger partial charge in [0.1, 0.15) is 18.1 Å². The average molecular weight is 368 g/mol.